The van der Waals surface area contributed by atoms with E-state index in [1.165, 1.54) is 16.4 Å². The van der Waals surface area contributed by atoms with Gasteiger partial charge in [-0.2, -0.15) is 17.5 Å². The molecule has 2 N–H and O–H groups in total. The van der Waals surface area contributed by atoms with Crippen molar-refractivity contribution in [2.24, 2.45) is 0 Å². The minimum Gasteiger partial charge on any atom is -0.494 e. The lowest BCUT2D eigenvalue weighted by Crippen LogP contribution is -2.50. The molecular weight excluding hydrogens is 467 g/mol. The molecule has 0 bridgehead atoms. The predicted octanol–water partition coefficient (Wildman–Crippen LogP) is 1.94. The molecule has 1 aliphatic rings. The van der Waals surface area contributed by atoms with Crippen LogP contribution in [0.5, 0.6) is 5.75 Å². The van der Waals surface area contributed by atoms with Crippen LogP contribution in [0.1, 0.15) is 26.7 Å². The number of amides is 1. The van der Waals surface area contributed by atoms with E-state index in [0.717, 1.165) is 19.5 Å². The number of halogens is 3. The van der Waals surface area contributed by atoms with Gasteiger partial charge in [0.2, 0.25) is 15.9 Å². The van der Waals surface area contributed by atoms with E-state index in [0.29, 0.717) is 38.4 Å². The summed E-state index contributed by atoms with van der Waals surface area (Å²) in [5.74, 6) is -2.27. The number of hydrogen-bond donors (Lipinski definition) is 2. The van der Waals surface area contributed by atoms with E-state index < -0.39 is 22.2 Å². The zero-order valence-corrected chi connectivity index (χ0v) is 19.4. The largest absolute Gasteiger partial charge is 0.494 e. The average Bonchev–Trinajstić information content (AvgIpc) is 2.77. The molecule has 0 aromatic heterocycles. The molecule has 1 saturated heterocycles. The monoisotopic (exact) mass is 497 g/mol. The quantitative estimate of drug-likeness (QED) is 0.536. The van der Waals surface area contributed by atoms with Gasteiger partial charge < -0.3 is 20.1 Å². The smallest absolute Gasteiger partial charge is 0.490 e. The molecule has 0 saturated carbocycles. The molecule has 1 aromatic carbocycles. The van der Waals surface area contributed by atoms with Crippen molar-refractivity contribution < 1.29 is 41.0 Å². The number of carbonyl (C=O) groups excluding carboxylic acids is 1. The highest BCUT2D eigenvalue weighted by atomic mass is 32.2. The van der Waals surface area contributed by atoms with Crippen LogP contribution >= 0.6 is 0 Å². The Balaban J connectivity index is 0.000000675. The number of sulfonamides is 1. The maximum Gasteiger partial charge on any atom is 0.490 e. The third kappa shape index (κ3) is 9.56. The molecule has 1 amide bonds. The Kier molecular flexibility index (Phi) is 11.6. The van der Waals surface area contributed by atoms with Gasteiger partial charge >= 0.3 is 12.1 Å². The lowest BCUT2D eigenvalue weighted by Gasteiger charge is -2.30. The fraction of sp³-hybridized carbons (Fsp3) is 0.600. The fourth-order valence-corrected chi connectivity index (χ4v) is 4.24. The number of ether oxygens (including phenoxy) is 1. The normalized spacial score (nSPS) is 14.4. The molecule has 0 unspecified atom stereocenters. The Morgan fingerprint density at radius 2 is 1.70 bits per heavy atom. The van der Waals surface area contributed by atoms with Gasteiger partial charge in [-0.15, -0.1) is 0 Å². The summed E-state index contributed by atoms with van der Waals surface area (Å²) in [6.45, 7) is 7.33. The van der Waals surface area contributed by atoms with Crippen LogP contribution in [0.2, 0.25) is 0 Å². The van der Waals surface area contributed by atoms with Crippen LogP contribution in [-0.2, 0) is 19.6 Å². The zero-order valence-electron chi connectivity index (χ0n) is 18.6. The van der Waals surface area contributed by atoms with Crippen LogP contribution < -0.4 is 10.1 Å². The fourth-order valence-electron chi connectivity index (χ4n) is 2.81. The van der Waals surface area contributed by atoms with E-state index >= 15 is 0 Å². The number of unbranched alkanes of at least 4 members (excludes halogenated alkanes) is 1. The van der Waals surface area contributed by atoms with Crippen LogP contribution in [0.15, 0.2) is 29.2 Å². The molecule has 1 aliphatic heterocycles. The molecule has 2 rings (SSSR count). The minimum atomic E-state index is -5.08. The summed E-state index contributed by atoms with van der Waals surface area (Å²) in [6, 6.07) is 6.36. The molecule has 9 nitrogen and oxygen atoms in total. The van der Waals surface area contributed by atoms with Crippen molar-refractivity contribution in [2.75, 3.05) is 45.9 Å². The average molecular weight is 498 g/mol. The van der Waals surface area contributed by atoms with Gasteiger partial charge in [-0.05, 0) is 37.6 Å². The third-order valence-electron chi connectivity index (χ3n) is 4.56. The number of hydrogen-bond acceptors (Lipinski definition) is 6. The molecule has 1 heterocycles. The maximum atomic E-state index is 13.0. The second-order valence-electron chi connectivity index (χ2n) is 7.03. The summed E-state index contributed by atoms with van der Waals surface area (Å²) in [5.41, 5.74) is 0. The number of aliphatic carboxylic acids is 1. The minimum absolute atomic E-state index is 0.116. The Morgan fingerprint density at radius 1 is 1.15 bits per heavy atom. The molecule has 0 radical (unpaired) electrons. The first kappa shape index (κ1) is 28.7. The Bertz CT molecular complexity index is 857. The molecule has 188 valence electrons. The zero-order chi connectivity index (χ0) is 25.1. The highest BCUT2D eigenvalue weighted by molar-refractivity contribution is 7.89. The molecule has 0 spiro atoms. The SMILES string of the molecule is CCCCN(CC(=O)N1CCNCC1)S(=O)(=O)c1ccc(OCC)cc1.O=C(O)C(F)(F)F. The number of benzene rings is 1. The van der Waals surface area contributed by atoms with E-state index in [1.54, 1.807) is 17.0 Å². The number of nitrogens with one attached hydrogen (secondary N) is 1. The highest BCUT2D eigenvalue weighted by Gasteiger charge is 2.38. The van der Waals surface area contributed by atoms with Gasteiger partial charge in [-0.1, -0.05) is 13.3 Å². The van der Waals surface area contributed by atoms with E-state index in [-0.39, 0.29) is 17.3 Å². The second kappa shape index (κ2) is 13.4. The van der Waals surface area contributed by atoms with Gasteiger partial charge in [-0.25, -0.2) is 13.2 Å². The summed E-state index contributed by atoms with van der Waals surface area (Å²) in [7, 11) is -3.72. The molecule has 0 aliphatic carbocycles. The molecule has 1 aromatic rings. The van der Waals surface area contributed by atoms with Crippen LogP contribution in [0, 0.1) is 0 Å². The van der Waals surface area contributed by atoms with Gasteiger partial charge in [0.25, 0.3) is 0 Å². The molecule has 13 heteroatoms. The Morgan fingerprint density at radius 3 is 2.15 bits per heavy atom. The standard InChI is InChI=1S/C18H29N3O4S.C2HF3O2/c1-3-5-12-21(15-18(22)20-13-10-19-11-14-20)26(23,24)17-8-6-16(7-9-17)25-4-2;3-2(4,5)1(6)7/h6-9,19H,3-5,10-15H2,1-2H3;(H,6,7). The summed E-state index contributed by atoms with van der Waals surface area (Å²) < 4.78 is 64.5. The van der Waals surface area contributed by atoms with Crippen molar-refractivity contribution in [3.05, 3.63) is 24.3 Å². The first-order chi connectivity index (χ1) is 15.4. The van der Waals surface area contributed by atoms with Gasteiger partial charge in [0.1, 0.15) is 5.75 Å². The number of carboxylic acid groups (broad SMARTS) is 1. The summed E-state index contributed by atoms with van der Waals surface area (Å²) in [4.78, 5) is 23.4. The third-order valence-corrected chi connectivity index (χ3v) is 6.42. The van der Waals surface area contributed by atoms with Gasteiger partial charge in [0.15, 0.2) is 0 Å². The van der Waals surface area contributed by atoms with Gasteiger partial charge in [0.05, 0.1) is 18.0 Å². The summed E-state index contributed by atoms with van der Waals surface area (Å²) in [5, 5.41) is 10.3. The van der Waals surface area contributed by atoms with Gasteiger partial charge in [-0.3, -0.25) is 4.79 Å². The van der Waals surface area contributed by atoms with Crippen LogP contribution in [-0.4, -0.2) is 86.7 Å². The van der Waals surface area contributed by atoms with Crippen LogP contribution in [0.3, 0.4) is 0 Å². The van der Waals surface area contributed by atoms with Crippen molar-refractivity contribution in [1.82, 2.24) is 14.5 Å². The number of nitrogens with zero attached hydrogens (tertiary/aromatic N) is 2. The number of alkyl halides is 3. The summed E-state index contributed by atoms with van der Waals surface area (Å²) >= 11 is 0. The first-order valence-corrected chi connectivity index (χ1v) is 11.9. The summed E-state index contributed by atoms with van der Waals surface area (Å²) in [6.07, 6.45) is -3.51. The number of piperazine rings is 1. The first-order valence-electron chi connectivity index (χ1n) is 10.4. The van der Waals surface area contributed by atoms with Crippen LogP contribution in [0.25, 0.3) is 0 Å². The van der Waals surface area contributed by atoms with E-state index in [9.17, 15) is 26.4 Å². The van der Waals surface area contributed by atoms with Crippen molar-refractivity contribution >= 4 is 21.9 Å². The Hall–Kier alpha value is -2.38. The lowest BCUT2D eigenvalue weighted by molar-refractivity contribution is -0.192. The molecule has 33 heavy (non-hydrogen) atoms. The Labute approximate surface area is 191 Å². The van der Waals surface area contributed by atoms with E-state index in [2.05, 4.69) is 5.32 Å². The van der Waals surface area contributed by atoms with Crippen molar-refractivity contribution in [1.29, 1.82) is 0 Å². The molecule has 0 atom stereocenters. The number of carbonyl (C=O) groups is 2. The van der Waals surface area contributed by atoms with Crippen molar-refractivity contribution in [3.8, 4) is 5.75 Å². The second-order valence-corrected chi connectivity index (χ2v) is 8.97. The maximum absolute atomic E-state index is 13.0. The number of carboxylic acids is 1. The highest BCUT2D eigenvalue weighted by Crippen LogP contribution is 2.20. The molecule has 1 fully saturated rings. The van der Waals surface area contributed by atoms with E-state index in [1.807, 2.05) is 13.8 Å². The van der Waals surface area contributed by atoms with Crippen LogP contribution in [0.4, 0.5) is 13.2 Å². The van der Waals surface area contributed by atoms with Crippen molar-refractivity contribution in [3.63, 3.8) is 0 Å². The topological polar surface area (TPSA) is 116 Å². The molecular formula is C20H30F3N3O6S. The van der Waals surface area contributed by atoms with Gasteiger partial charge in [0, 0.05) is 32.7 Å². The van der Waals surface area contributed by atoms with Crippen molar-refractivity contribution in [2.45, 2.75) is 37.8 Å². The van der Waals surface area contributed by atoms with E-state index in [4.69, 9.17) is 14.6 Å². The predicted molar refractivity (Wildman–Crippen MR) is 114 cm³/mol. The lowest BCUT2D eigenvalue weighted by atomic mass is 10.3. The number of rotatable bonds is 9.